The van der Waals surface area contributed by atoms with Crippen LogP contribution in [0.15, 0.2) is 36.7 Å². The minimum absolute atomic E-state index is 0.0500. The van der Waals surface area contributed by atoms with Crippen molar-refractivity contribution in [1.29, 1.82) is 0 Å². The number of nitrogens with zero attached hydrogens (tertiary/aromatic N) is 1. The number of nitrogen functional groups attached to an aromatic ring is 1. The number of nitrogens with two attached hydrogens (primary N) is 1. The Hall–Kier alpha value is -2.30. The summed E-state index contributed by atoms with van der Waals surface area (Å²) >= 11 is 0. The van der Waals surface area contributed by atoms with Gasteiger partial charge in [-0.25, -0.2) is 4.98 Å². The first kappa shape index (κ1) is 13.1. The first-order valence-electron chi connectivity index (χ1n) is 6.33. The number of H-pyrrole nitrogens is 1. The number of benzene rings is 1. The fourth-order valence-corrected chi connectivity index (χ4v) is 1.85. The molecule has 0 saturated heterocycles. The third-order valence-electron chi connectivity index (χ3n) is 2.83. The van der Waals surface area contributed by atoms with Crippen molar-refractivity contribution in [2.24, 2.45) is 0 Å². The largest absolute Gasteiger partial charge is 0.399 e. The number of nitrogens with one attached hydrogen (secondary N) is 2. The van der Waals surface area contributed by atoms with Gasteiger partial charge >= 0.3 is 0 Å². The summed E-state index contributed by atoms with van der Waals surface area (Å²) < 4.78 is 0. The monoisotopic (exact) mass is 258 g/mol. The zero-order valence-electron chi connectivity index (χ0n) is 10.7. The van der Waals surface area contributed by atoms with E-state index in [9.17, 15) is 4.79 Å². The molecule has 0 radical (unpaired) electrons. The molecule has 0 fully saturated rings. The van der Waals surface area contributed by atoms with Gasteiger partial charge < -0.3 is 16.0 Å². The molecule has 1 amide bonds. The van der Waals surface area contributed by atoms with E-state index in [2.05, 4.69) is 15.3 Å². The smallest absolute Gasteiger partial charge is 0.220 e. The van der Waals surface area contributed by atoms with Gasteiger partial charge in [0.25, 0.3) is 0 Å². The Morgan fingerprint density at radius 1 is 1.37 bits per heavy atom. The number of rotatable bonds is 6. The minimum atomic E-state index is 0.0500. The summed E-state index contributed by atoms with van der Waals surface area (Å²) in [5.74, 6) is 0.935. The molecular formula is C14H18N4O. The molecule has 0 atom stereocenters. The lowest BCUT2D eigenvalue weighted by Crippen LogP contribution is -2.26. The highest BCUT2D eigenvalue weighted by Gasteiger charge is 2.03. The lowest BCUT2D eigenvalue weighted by molar-refractivity contribution is -0.121. The van der Waals surface area contributed by atoms with Gasteiger partial charge in [0.2, 0.25) is 5.91 Å². The quantitative estimate of drug-likeness (QED) is 0.682. The maximum Gasteiger partial charge on any atom is 0.220 e. The summed E-state index contributed by atoms with van der Waals surface area (Å²) in [7, 11) is 0. The van der Waals surface area contributed by atoms with Crippen LogP contribution in [0.3, 0.4) is 0 Å². The highest BCUT2D eigenvalue weighted by atomic mass is 16.1. The van der Waals surface area contributed by atoms with Gasteiger partial charge in [0.15, 0.2) is 0 Å². The molecule has 0 unspecified atom stereocenters. The van der Waals surface area contributed by atoms with Crippen LogP contribution in [0.25, 0.3) is 0 Å². The van der Waals surface area contributed by atoms with E-state index < -0.39 is 0 Å². The van der Waals surface area contributed by atoms with Gasteiger partial charge in [-0.15, -0.1) is 0 Å². The van der Waals surface area contributed by atoms with E-state index in [1.165, 1.54) is 0 Å². The average molecular weight is 258 g/mol. The molecule has 19 heavy (non-hydrogen) atoms. The Morgan fingerprint density at radius 2 is 2.26 bits per heavy atom. The third kappa shape index (κ3) is 4.46. The molecule has 2 aromatic rings. The summed E-state index contributed by atoms with van der Waals surface area (Å²) in [6.45, 7) is 0.600. The first-order chi connectivity index (χ1) is 9.24. The van der Waals surface area contributed by atoms with Gasteiger partial charge in [-0.1, -0.05) is 12.1 Å². The molecule has 5 nitrogen and oxygen atoms in total. The SMILES string of the molecule is Nc1cccc(CCC(=O)NCCc2ncc[nH]2)c1. The second-order valence-electron chi connectivity index (χ2n) is 4.38. The van der Waals surface area contributed by atoms with Crippen LogP contribution in [-0.2, 0) is 17.6 Å². The Balaban J connectivity index is 1.67. The van der Waals surface area contributed by atoms with Crippen LogP contribution in [0.2, 0.25) is 0 Å². The number of hydrogen-bond donors (Lipinski definition) is 3. The van der Waals surface area contributed by atoms with Crippen LogP contribution in [0.1, 0.15) is 17.8 Å². The van der Waals surface area contributed by atoms with Crippen molar-refractivity contribution in [3.63, 3.8) is 0 Å². The Bertz CT molecular complexity index is 522. The van der Waals surface area contributed by atoms with Crippen molar-refractivity contribution in [3.8, 4) is 0 Å². The van der Waals surface area contributed by atoms with E-state index in [4.69, 9.17) is 5.73 Å². The standard InChI is InChI=1S/C14H18N4O/c15-12-3-1-2-11(10-12)4-5-14(19)18-7-6-13-16-8-9-17-13/h1-3,8-10H,4-7,15H2,(H,16,17)(H,18,19). The summed E-state index contributed by atoms with van der Waals surface area (Å²) in [6.07, 6.45) is 5.38. The molecule has 100 valence electrons. The zero-order chi connectivity index (χ0) is 13.5. The van der Waals surface area contributed by atoms with Gasteiger partial charge in [0.1, 0.15) is 5.82 Å². The molecule has 1 aromatic carbocycles. The second-order valence-corrected chi connectivity index (χ2v) is 4.38. The number of amides is 1. The van der Waals surface area contributed by atoms with Crippen LogP contribution in [0.5, 0.6) is 0 Å². The number of carbonyl (C=O) groups is 1. The average Bonchev–Trinajstić information content (AvgIpc) is 2.90. The maximum atomic E-state index is 11.7. The molecule has 4 N–H and O–H groups in total. The summed E-state index contributed by atoms with van der Waals surface area (Å²) in [4.78, 5) is 18.8. The zero-order valence-corrected chi connectivity index (χ0v) is 10.7. The van der Waals surface area contributed by atoms with Crippen LogP contribution in [0.4, 0.5) is 5.69 Å². The molecule has 1 heterocycles. The predicted molar refractivity (Wildman–Crippen MR) is 74.5 cm³/mol. The second kappa shape index (κ2) is 6.58. The van der Waals surface area contributed by atoms with Gasteiger partial charge in [-0.3, -0.25) is 4.79 Å². The number of anilines is 1. The normalized spacial score (nSPS) is 10.3. The fraction of sp³-hybridized carbons (Fsp3) is 0.286. The minimum Gasteiger partial charge on any atom is -0.399 e. The van der Waals surface area contributed by atoms with Crippen molar-refractivity contribution in [3.05, 3.63) is 48.0 Å². The molecule has 5 heteroatoms. The van der Waals surface area contributed by atoms with Crippen molar-refractivity contribution in [2.75, 3.05) is 12.3 Å². The van der Waals surface area contributed by atoms with E-state index in [0.29, 0.717) is 19.4 Å². The van der Waals surface area contributed by atoms with Crippen molar-refractivity contribution in [2.45, 2.75) is 19.3 Å². The van der Waals surface area contributed by atoms with Crippen molar-refractivity contribution >= 4 is 11.6 Å². The number of aromatic amines is 1. The summed E-state index contributed by atoms with van der Waals surface area (Å²) in [6, 6.07) is 7.62. The van der Waals surface area contributed by atoms with E-state index >= 15 is 0 Å². The molecule has 0 saturated carbocycles. The number of imidazole rings is 1. The molecule has 2 rings (SSSR count). The van der Waals surface area contributed by atoms with Crippen LogP contribution in [0, 0.1) is 0 Å². The summed E-state index contributed by atoms with van der Waals surface area (Å²) in [5, 5.41) is 2.88. The number of carbonyl (C=O) groups excluding carboxylic acids is 1. The lowest BCUT2D eigenvalue weighted by atomic mass is 10.1. The molecule has 0 aliphatic carbocycles. The molecular weight excluding hydrogens is 240 g/mol. The molecule has 0 bridgehead atoms. The van der Waals surface area contributed by atoms with Crippen molar-refractivity contribution in [1.82, 2.24) is 15.3 Å². The van der Waals surface area contributed by atoms with Gasteiger partial charge in [-0.05, 0) is 24.1 Å². The topological polar surface area (TPSA) is 83.8 Å². The van der Waals surface area contributed by atoms with Gasteiger partial charge in [0, 0.05) is 37.5 Å². The van der Waals surface area contributed by atoms with E-state index in [0.717, 1.165) is 23.5 Å². The van der Waals surface area contributed by atoms with Gasteiger partial charge in [0.05, 0.1) is 0 Å². The van der Waals surface area contributed by atoms with Crippen molar-refractivity contribution < 1.29 is 4.79 Å². The van der Waals surface area contributed by atoms with Crippen LogP contribution in [-0.4, -0.2) is 22.4 Å². The maximum absolute atomic E-state index is 11.7. The number of hydrogen-bond acceptors (Lipinski definition) is 3. The Kier molecular flexibility index (Phi) is 4.55. The summed E-state index contributed by atoms with van der Waals surface area (Å²) in [5.41, 5.74) is 7.51. The number of aromatic nitrogens is 2. The first-order valence-corrected chi connectivity index (χ1v) is 6.33. The molecule has 1 aromatic heterocycles. The molecule has 0 aliphatic heterocycles. The van der Waals surface area contributed by atoms with Crippen LogP contribution >= 0.6 is 0 Å². The molecule has 0 spiro atoms. The Morgan fingerprint density at radius 3 is 3.00 bits per heavy atom. The molecule has 0 aliphatic rings. The fourth-order valence-electron chi connectivity index (χ4n) is 1.85. The predicted octanol–water partition coefficient (Wildman–Crippen LogP) is 1.28. The Labute approximate surface area is 112 Å². The van der Waals surface area contributed by atoms with Gasteiger partial charge in [-0.2, -0.15) is 0 Å². The van der Waals surface area contributed by atoms with E-state index in [-0.39, 0.29) is 5.91 Å². The lowest BCUT2D eigenvalue weighted by Gasteiger charge is -2.05. The van der Waals surface area contributed by atoms with E-state index in [1.54, 1.807) is 12.4 Å². The van der Waals surface area contributed by atoms with E-state index in [1.807, 2.05) is 24.3 Å². The third-order valence-corrected chi connectivity index (χ3v) is 2.83. The highest BCUT2D eigenvalue weighted by molar-refractivity contribution is 5.76. The number of aryl methyl sites for hydroxylation is 1. The van der Waals surface area contributed by atoms with Crippen LogP contribution < -0.4 is 11.1 Å². The highest BCUT2D eigenvalue weighted by Crippen LogP contribution is 2.08.